The van der Waals surface area contributed by atoms with E-state index < -0.39 is 17.7 Å². The zero-order valence-electron chi connectivity index (χ0n) is 12.3. The van der Waals surface area contributed by atoms with Gasteiger partial charge in [-0.25, -0.2) is 9.59 Å². The van der Waals surface area contributed by atoms with E-state index in [1.807, 2.05) is 0 Å². The second kappa shape index (κ2) is 6.27. The van der Waals surface area contributed by atoms with E-state index in [0.29, 0.717) is 5.69 Å². The number of carbonyl (C=O) groups is 2. The summed E-state index contributed by atoms with van der Waals surface area (Å²) in [6, 6.07) is 4.77. The number of hydrogen-bond donors (Lipinski definition) is 1. The molecule has 0 aliphatic heterocycles. The monoisotopic (exact) mass is 281 g/mol. The van der Waals surface area contributed by atoms with Gasteiger partial charge in [0.05, 0.1) is 19.9 Å². The molecule has 1 amide bonds. The Morgan fingerprint density at radius 1 is 1.15 bits per heavy atom. The minimum Gasteiger partial charge on any atom is -0.494 e. The second-order valence-corrected chi connectivity index (χ2v) is 5.00. The SMILES string of the molecule is COC(=O)c1cccc(NC(=O)OC(C)(C)C)c1OC. The van der Waals surface area contributed by atoms with E-state index in [1.54, 1.807) is 39.0 Å². The maximum atomic E-state index is 11.7. The molecule has 0 aromatic heterocycles. The molecule has 0 unspecified atom stereocenters. The van der Waals surface area contributed by atoms with E-state index in [2.05, 4.69) is 10.1 Å². The van der Waals surface area contributed by atoms with Crippen LogP contribution in [0, 0.1) is 0 Å². The summed E-state index contributed by atoms with van der Waals surface area (Å²) in [5.74, 6) is -0.320. The Hall–Kier alpha value is -2.24. The van der Waals surface area contributed by atoms with Gasteiger partial charge in [-0.1, -0.05) is 6.07 Å². The van der Waals surface area contributed by atoms with Gasteiger partial charge in [0.2, 0.25) is 0 Å². The quantitative estimate of drug-likeness (QED) is 0.862. The highest BCUT2D eigenvalue weighted by molar-refractivity contribution is 5.97. The van der Waals surface area contributed by atoms with Crippen LogP contribution in [0.2, 0.25) is 0 Å². The molecule has 0 atom stereocenters. The fraction of sp³-hybridized carbons (Fsp3) is 0.429. The third-order valence-corrected chi connectivity index (χ3v) is 2.26. The fourth-order valence-corrected chi connectivity index (χ4v) is 1.54. The normalized spacial score (nSPS) is 10.7. The van der Waals surface area contributed by atoms with Crippen LogP contribution in [0.4, 0.5) is 10.5 Å². The lowest BCUT2D eigenvalue weighted by molar-refractivity contribution is 0.0592. The Morgan fingerprint density at radius 2 is 1.80 bits per heavy atom. The van der Waals surface area contributed by atoms with Crippen LogP contribution in [-0.2, 0) is 9.47 Å². The van der Waals surface area contributed by atoms with Crippen molar-refractivity contribution >= 4 is 17.7 Å². The number of methoxy groups -OCH3 is 2. The summed E-state index contributed by atoms with van der Waals surface area (Å²) in [6.45, 7) is 5.28. The first-order chi connectivity index (χ1) is 9.28. The van der Waals surface area contributed by atoms with E-state index in [1.165, 1.54) is 14.2 Å². The zero-order chi connectivity index (χ0) is 15.3. The molecule has 1 aromatic carbocycles. The summed E-state index contributed by atoms with van der Waals surface area (Å²) in [6.07, 6.45) is -0.627. The topological polar surface area (TPSA) is 73.9 Å². The number of esters is 1. The molecule has 6 nitrogen and oxygen atoms in total. The van der Waals surface area contributed by atoms with E-state index in [0.717, 1.165) is 0 Å². The van der Waals surface area contributed by atoms with Crippen LogP contribution in [0.5, 0.6) is 5.75 Å². The Morgan fingerprint density at radius 3 is 2.30 bits per heavy atom. The lowest BCUT2D eigenvalue weighted by Gasteiger charge is -2.20. The molecule has 6 heteroatoms. The van der Waals surface area contributed by atoms with E-state index in [9.17, 15) is 9.59 Å². The molecule has 0 saturated carbocycles. The van der Waals surface area contributed by atoms with Crippen molar-refractivity contribution in [2.75, 3.05) is 19.5 Å². The Balaban J connectivity index is 3.01. The summed E-state index contributed by atoms with van der Waals surface area (Å²) >= 11 is 0. The summed E-state index contributed by atoms with van der Waals surface area (Å²) in [5, 5.41) is 2.54. The molecule has 1 N–H and O–H groups in total. The molecule has 0 bridgehead atoms. The predicted molar refractivity (Wildman–Crippen MR) is 74.2 cm³/mol. The summed E-state index contributed by atoms with van der Waals surface area (Å²) in [7, 11) is 2.68. The number of amides is 1. The maximum absolute atomic E-state index is 11.7. The van der Waals surface area contributed by atoms with Crippen molar-refractivity contribution in [2.24, 2.45) is 0 Å². The van der Waals surface area contributed by atoms with Crippen LogP contribution in [-0.4, -0.2) is 31.9 Å². The van der Waals surface area contributed by atoms with Gasteiger partial charge in [0.25, 0.3) is 0 Å². The lowest BCUT2D eigenvalue weighted by atomic mass is 10.1. The molecule has 20 heavy (non-hydrogen) atoms. The number of para-hydroxylation sites is 1. The number of hydrogen-bond acceptors (Lipinski definition) is 5. The summed E-state index contributed by atoms with van der Waals surface area (Å²) in [5.41, 5.74) is -0.0507. The molecule has 1 aromatic rings. The van der Waals surface area contributed by atoms with E-state index >= 15 is 0 Å². The number of anilines is 1. The van der Waals surface area contributed by atoms with Crippen molar-refractivity contribution in [3.8, 4) is 5.75 Å². The highest BCUT2D eigenvalue weighted by Crippen LogP contribution is 2.29. The molecule has 0 spiro atoms. The molecular formula is C14H19NO5. The standard InChI is InChI=1S/C14H19NO5/c1-14(2,3)20-13(17)15-10-8-6-7-9(11(10)18-4)12(16)19-5/h6-8H,1-5H3,(H,15,17). The summed E-state index contributed by atoms with van der Waals surface area (Å²) in [4.78, 5) is 23.4. The van der Waals surface area contributed by atoms with Crippen LogP contribution < -0.4 is 10.1 Å². The number of benzene rings is 1. The third kappa shape index (κ3) is 4.15. The minimum absolute atomic E-state index is 0.226. The third-order valence-electron chi connectivity index (χ3n) is 2.26. The molecule has 0 aliphatic rings. The largest absolute Gasteiger partial charge is 0.494 e. The molecule has 0 fully saturated rings. The van der Waals surface area contributed by atoms with Gasteiger partial charge in [-0.2, -0.15) is 0 Å². The van der Waals surface area contributed by atoms with Crippen molar-refractivity contribution in [3.63, 3.8) is 0 Å². The minimum atomic E-state index is -0.627. The number of rotatable bonds is 3. The second-order valence-electron chi connectivity index (χ2n) is 5.00. The Labute approximate surface area is 118 Å². The van der Waals surface area contributed by atoms with Crippen molar-refractivity contribution in [1.82, 2.24) is 0 Å². The van der Waals surface area contributed by atoms with Crippen molar-refractivity contribution in [3.05, 3.63) is 23.8 Å². The van der Waals surface area contributed by atoms with Gasteiger partial charge in [-0.15, -0.1) is 0 Å². The van der Waals surface area contributed by atoms with Crippen LogP contribution in [0.25, 0.3) is 0 Å². The first kappa shape index (κ1) is 15.8. The Kier molecular flexibility index (Phi) is 4.96. The van der Waals surface area contributed by atoms with Gasteiger partial charge in [0.1, 0.15) is 11.2 Å². The van der Waals surface area contributed by atoms with Crippen molar-refractivity contribution in [1.29, 1.82) is 0 Å². The van der Waals surface area contributed by atoms with Crippen LogP contribution in [0.3, 0.4) is 0 Å². The van der Waals surface area contributed by atoms with Crippen LogP contribution in [0.1, 0.15) is 31.1 Å². The highest BCUT2D eigenvalue weighted by atomic mass is 16.6. The van der Waals surface area contributed by atoms with Crippen LogP contribution >= 0.6 is 0 Å². The molecule has 110 valence electrons. The number of ether oxygens (including phenoxy) is 3. The number of carbonyl (C=O) groups excluding carboxylic acids is 2. The highest BCUT2D eigenvalue weighted by Gasteiger charge is 2.20. The summed E-state index contributed by atoms with van der Waals surface area (Å²) < 4.78 is 15.0. The van der Waals surface area contributed by atoms with Crippen molar-refractivity contribution in [2.45, 2.75) is 26.4 Å². The lowest BCUT2D eigenvalue weighted by Crippen LogP contribution is -2.27. The van der Waals surface area contributed by atoms with E-state index in [-0.39, 0.29) is 11.3 Å². The average molecular weight is 281 g/mol. The first-order valence-corrected chi connectivity index (χ1v) is 6.04. The van der Waals surface area contributed by atoms with Crippen molar-refractivity contribution < 1.29 is 23.8 Å². The average Bonchev–Trinajstić information content (AvgIpc) is 2.35. The molecular weight excluding hydrogens is 262 g/mol. The van der Waals surface area contributed by atoms with Crippen LogP contribution in [0.15, 0.2) is 18.2 Å². The molecule has 0 aliphatic carbocycles. The smallest absolute Gasteiger partial charge is 0.412 e. The molecule has 0 saturated heterocycles. The van der Waals surface area contributed by atoms with E-state index in [4.69, 9.17) is 9.47 Å². The zero-order valence-corrected chi connectivity index (χ0v) is 12.3. The number of nitrogens with one attached hydrogen (secondary N) is 1. The Bertz CT molecular complexity index is 505. The predicted octanol–water partition coefficient (Wildman–Crippen LogP) is 2.83. The van der Waals surface area contributed by atoms with Gasteiger partial charge in [0.15, 0.2) is 5.75 Å². The fourth-order valence-electron chi connectivity index (χ4n) is 1.54. The molecule has 1 rings (SSSR count). The maximum Gasteiger partial charge on any atom is 0.412 e. The van der Waals surface area contributed by atoms with Gasteiger partial charge in [-0.3, -0.25) is 5.32 Å². The van der Waals surface area contributed by atoms with Gasteiger partial charge in [0, 0.05) is 0 Å². The van der Waals surface area contributed by atoms with Gasteiger partial charge in [-0.05, 0) is 32.9 Å². The molecule has 0 radical (unpaired) electrons. The molecule has 0 heterocycles. The van der Waals surface area contributed by atoms with Gasteiger partial charge >= 0.3 is 12.1 Å². The first-order valence-electron chi connectivity index (χ1n) is 6.04. The van der Waals surface area contributed by atoms with Gasteiger partial charge < -0.3 is 14.2 Å².